The third kappa shape index (κ3) is 5.26. The maximum absolute atomic E-state index is 11.3. The van der Waals surface area contributed by atoms with Gasteiger partial charge in [-0.05, 0) is 45.8 Å². The minimum atomic E-state index is -3.74. The zero-order valence-electron chi connectivity index (χ0n) is 14.6. The van der Waals surface area contributed by atoms with Crippen molar-refractivity contribution < 1.29 is 13.5 Å². The Balaban J connectivity index is 1.69. The van der Waals surface area contributed by atoms with Gasteiger partial charge in [-0.25, -0.2) is 18.5 Å². The smallest absolute Gasteiger partial charge is 0.238 e. The van der Waals surface area contributed by atoms with E-state index in [0.717, 1.165) is 5.56 Å². The lowest BCUT2D eigenvalue weighted by molar-refractivity contribution is 0.191. The highest BCUT2D eigenvalue weighted by Gasteiger charge is 2.11. The van der Waals surface area contributed by atoms with E-state index in [-0.39, 0.29) is 11.4 Å². The van der Waals surface area contributed by atoms with E-state index in [1.807, 2.05) is 30.3 Å². The van der Waals surface area contributed by atoms with Crippen LogP contribution in [0.5, 0.6) is 0 Å². The number of primary sulfonamides is 1. The molecule has 2 aromatic carbocycles. The monoisotopic (exact) mass is 463 g/mol. The van der Waals surface area contributed by atoms with Crippen LogP contribution in [0.2, 0.25) is 0 Å². The molecule has 0 aliphatic heterocycles. The molecule has 0 aliphatic carbocycles. The van der Waals surface area contributed by atoms with Crippen LogP contribution in [0.3, 0.4) is 0 Å². The van der Waals surface area contributed by atoms with Crippen molar-refractivity contribution in [1.29, 1.82) is 0 Å². The van der Waals surface area contributed by atoms with Gasteiger partial charge >= 0.3 is 0 Å². The van der Waals surface area contributed by atoms with Gasteiger partial charge in [0.2, 0.25) is 16.0 Å². The van der Waals surface area contributed by atoms with Crippen LogP contribution in [-0.2, 0) is 10.0 Å². The van der Waals surface area contributed by atoms with E-state index in [1.165, 1.54) is 12.1 Å². The quantitative estimate of drug-likeness (QED) is 0.423. The highest BCUT2D eigenvalue weighted by molar-refractivity contribution is 9.10. The molecular weight excluding hydrogens is 446 g/mol. The molecule has 0 spiro atoms. The summed E-state index contributed by atoms with van der Waals surface area (Å²) in [6.45, 7) is 0.266. The molecule has 1 heterocycles. The largest absolute Gasteiger partial charge is 0.387 e. The van der Waals surface area contributed by atoms with Gasteiger partial charge in [0.15, 0.2) is 0 Å². The average molecular weight is 464 g/mol. The second kappa shape index (κ2) is 8.65. The van der Waals surface area contributed by atoms with Crippen molar-refractivity contribution >= 4 is 43.4 Å². The van der Waals surface area contributed by atoms with Crippen LogP contribution in [0.4, 0.5) is 17.5 Å². The van der Waals surface area contributed by atoms with E-state index in [1.54, 1.807) is 18.3 Å². The van der Waals surface area contributed by atoms with E-state index >= 15 is 0 Å². The molecular formula is C18H18BrN5O3S. The average Bonchev–Trinajstić information content (AvgIpc) is 2.68. The van der Waals surface area contributed by atoms with Gasteiger partial charge in [0, 0.05) is 18.4 Å². The number of nitrogens with zero attached hydrogens (tertiary/aromatic N) is 2. The summed E-state index contributed by atoms with van der Waals surface area (Å²) >= 11 is 3.38. The summed E-state index contributed by atoms with van der Waals surface area (Å²) in [4.78, 5) is 8.57. The van der Waals surface area contributed by atoms with E-state index in [2.05, 4.69) is 36.5 Å². The molecule has 5 N–H and O–H groups in total. The van der Waals surface area contributed by atoms with Gasteiger partial charge in [0.05, 0.1) is 15.5 Å². The first-order valence-electron chi connectivity index (χ1n) is 8.22. The molecule has 10 heteroatoms. The second-order valence-electron chi connectivity index (χ2n) is 5.89. The maximum Gasteiger partial charge on any atom is 0.238 e. The van der Waals surface area contributed by atoms with Crippen molar-refractivity contribution in [3.63, 3.8) is 0 Å². The van der Waals surface area contributed by atoms with Crippen LogP contribution >= 0.6 is 15.9 Å². The normalized spacial score (nSPS) is 12.4. The minimum absolute atomic E-state index is 0.0204. The summed E-state index contributed by atoms with van der Waals surface area (Å²) in [6, 6.07) is 15.2. The van der Waals surface area contributed by atoms with E-state index < -0.39 is 16.1 Å². The lowest BCUT2D eigenvalue weighted by atomic mass is 10.1. The van der Waals surface area contributed by atoms with Gasteiger partial charge in [0.1, 0.15) is 5.82 Å². The predicted molar refractivity (Wildman–Crippen MR) is 111 cm³/mol. The number of nitrogens with two attached hydrogens (primary N) is 1. The molecule has 0 fully saturated rings. The molecule has 0 amide bonds. The number of benzene rings is 2. The first kappa shape index (κ1) is 20.2. The third-order valence-corrected chi connectivity index (χ3v) is 5.34. The fourth-order valence-corrected chi connectivity index (χ4v) is 3.24. The Morgan fingerprint density at radius 1 is 1.11 bits per heavy atom. The number of aromatic nitrogens is 2. The molecule has 1 atom stereocenters. The van der Waals surface area contributed by atoms with Crippen LogP contribution in [0.25, 0.3) is 0 Å². The molecule has 0 radical (unpaired) electrons. The highest BCUT2D eigenvalue weighted by Crippen LogP contribution is 2.23. The Hall–Kier alpha value is -2.53. The number of halogens is 1. The number of hydrogen-bond acceptors (Lipinski definition) is 7. The summed E-state index contributed by atoms with van der Waals surface area (Å²) in [5.74, 6) is 0.817. The molecule has 0 saturated carbocycles. The Bertz CT molecular complexity index is 1050. The summed E-state index contributed by atoms with van der Waals surface area (Å²) < 4.78 is 23.3. The molecule has 1 aromatic heterocycles. The van der Waals surface area contributed by atoms with Crippen molar-refractivity contribution in [3.8, 4) is 0 Å². The fraction of sp³-hybridized carbons (Fsp3) is 0.111. The Kier molecular flexibility index (Phi) is 6.25. The number of sulfonamides is 1. The molecule has 1 unspecified atom stereocenters. The highest BCUT2D eigenvalue weighted by atomic mass is 79.9. The van der Waals surface area contributed by atoms with Crippen LogP contribution in [-0.4, -0.2) is 30.0 Å². The minimum Gasteiger partial charge on any atom is -0.387 e. The van der Waals surface area contributed by atoms with Crippen molar-refractivity contribution in [2.45, 2.75) is 11.0 Å². The second-order valence-corrected chi connectivity index (χ2v) is 8.31. The van der Waals surface area contributed by atoms with E-state index in [4.69, 9.17) is 5.14 Å². The van der Waals surface area contributed by atoms with Crippen molar-refractivity contribution in [2.75, 3.05) is 17.2 Å². The lowest BCUT2D eigenvalue weighted by Gasteiger charge is -2.14. The SMILES string of the molecule is NS(=O)(=O)c1ccc(Nc2ncc(Br)c(NCC(O)c3ccccc3)n2)cc1. The number of hydrogen-bond donors (Lipinski definition) is 4. The first-order valence-corrected chi connectivity index (χ1v) is 10.6. The van der Waals surface area contributed by atoms with Gasteiger partial charge in [0.25, 0.3) is 0 Å². The zero-order chi connectivity index (χ0) is 20.1. The summed E-state index contributed by atoms with van der Waals surface area (Å²) in [5.41, 5.74) is 1.40. The molecule has 0 bridgehead atoms. The fourth-order valence-electron chi connectivity index (χ4n) is 2.39. The van der Waals surface area contributed by atoms with Crippen LogP contribution in [0.1, 0.15) is 11.7 Å². The molecule has 8 nitrogen and oxygen atoms in total. The van der Waals surface area contributed by atoms with E-state index in [9.17, 15) is 13.5 Å². The molecule has 146 valence electrons. The van der Waals surface area contributed by atoms with E-state index in [0.29, 0.717) is 21.9 Å². The maximum atomic E-state index is 11.3. The standard InChI is InChI=1S/C18H18BrN5O3S/c19-15-10-22-18(23-13-6-8-14(9-7-13)28(20,26)27)24-17(15)21-11-16(25)12-4-2-1-3-5-12/h1-10,16,25H,11H2,(H2,20,26,27)(H2,21,22,23,24). The Morgan fingerprint density at radius 2 is 1.79 bits per heavy atom. The van der Waals surface area contributed by atoms with Gasteiger partial charge in [-0.1, -0.05) is 30.3 Å². The topological polar surface area (TPSA) is 130 Å². The lowest BCUT2D eigenvalue weighted by Crippen LogP contribution is -2.14. The Labute approximate surface area is 171 Å². The number of nitrogens with one attached hydrogen (secondary N) is 2. The number of aliphatic hydroxyl groups excluding tert-OH is 1. The van der Waals surface area contributed by atoms with Crippen LogP contribution in [0.15, 0.2) is 70.2 Å². The van der Waals surface area contributed by atoms with Crippen molar-refractivity contribution in [1.82, 2.24) is 9.97 Å². The van der Waals surface area contributed by atoms with Crippen LogP contribution < -0.4 is 15.8 Å². The third-order valence-electron chi connectivity index (χ3n) is 3.83. The van der Waals surface area contributed by atoms with Gasteiger partial charge in [-0.15, -0.1) is 0 Å². The molecule has 0 aliphatic rings. The van der Waals surface area contributed by atoms with Crippen molar-refractivity contribution in [2.24, 2.45) is 5.14 Å². The first-order chi connectivity index (χ1) is 13.3. The summed E-state index contributed by atoms with van der Waals surface area (Å²) in [7, 11) is -3.74. The molecule has 3 rings (SSSR count). The predicted octanol–water partition coefficient (Wildman–Crippen LogP) is 2.78. The molecule has 28 heavy (non-hydrogen) atoms. The van der Waals surface area contributed by atoms with Crippen molar-refractivity contribution in [3.05, 3.63) is 70.8 Å². The summed E-state index contributed by atoms with van der Waals surface area (Å²) in [5, 5.41) is 21.4. The summed E-state index contributed by atoms with van der Waals surface area (Å²) in [6.07, 6.45) is 0.885. The molecule has 3 aromatic rings. The number of rotatable bonds is 7. The van der Waals surface area contributed by atoms with Gasteiger partial charge in [-0.2, -0.15) is 4.98 Å². The van der Waals surface area contributed by atoms with Gasteiger partial charge in [-0.3, -0.25) is 0 Å². The zero-order valence-corrected chi connectivity index (χ0v) is 17.0. The molecule has 0 saturated heterocycles. The Morgan fingerprint density at radius 3 is 2.43 bits per heavy atom. The number of anilines is 3. The number of aliphatic hydroxyl groups is 1. The van der Waals surface area contributed by atoms with Gasteiger partial charge < -0.3 is 15.7 Å². The van der Waals surface area contributed by atoms with Crippen LogP contribution in [0, 0.1) is 0 Å².